The van der Waals surface area contributed by atoms with Crippen molar-refractivity contribution in [3.05, 3.63) is 189 Å². The van der Waals surface area contributed by atoms with E-state index < -0.39 is 0 Å². The molecule has 2 aliphatic carbocycles. The normalized spacial score (nSPS) is 17.1. The molecule has 0 N–H and O–H groups in total. The van der Waals surface area contributed by atoms with Crippen LogP contribution in [0.15, 0.2) is 133 Å². The lowest BCUT2D eigenvalue weighted by Gasteiger charge is -2.34. The quantitative estimate of drug-likeness (QED) is 0.194. The Morgan fingerprint density at radius 1 is 0.477 bits per heavy atom. The van der Waals surface area contributed by atoms with Crippen molar-refractivity contribution < 1.29 is 0 Å². The number of benzene rings is 6. The molecular formula is C44H38. The summed E-state index contributed by atoms with van der Waals surface area (Å²) in [4.78, 5) is 0. The molecule has 0 heterocycles. The van der Waals surface area contributed by atoms with E-state index in [1.807, 2.05) is 0 Å². The molecule has 0 amide bonds. The second-order valence-corrected chi connectivity index (χ2v) is 13.2. The van der Waals surface area contributed by atoms with E-state index in [2.05, 4.69) is 161 Å². The molecule has 0 saturated heterocycles. The van der Waals surface area contributed by atoms with E-state index in [0.29, 0.717) is 0 Å². The largest absolute Gasteiger partial charge is 0.0713 e. The van der Waals surface area contributed by atoms with E-state index in [4.69, 9.17) is 0 Å². The Morgan fingerprint density at radius 2 is 1.02 bits per heavy atom. The highest BCUT2D eigenvalue weighted by Gasteiger charge is 2.47. The van der Waals surface area contributed by atoms with Crippen LogP contribution < -0.4 is 0 Å². The molecule has 6 aromatic carbocycles. The minimum atomic E-state index is -0.365. The first-order chi connectivity index (χ1) is 21.4. The number of aryl methyl sites for hydroxylation is 4. The van der Waals surface area contributed by atoms with Crippen LogP contribution in [0, 0.1) is 20.8 Å². The summed E-state index contributed by atoms with van der Waals surface area (Å²) in [6.45, 7) is 9.12. The highest BCUT2D eigenvalue weighted by Crippen LogP contribution is 2.58. The Bertz CT molecular complexity index is 2000. The average molecular weight is 567 g/mol. The predicted octanol–water partition coefficient (Wildman–Crippen LogP) is 10.9. The standard InChI is InChI=1S/C44H38/c1-29-19-23-33(24-20-29)44(34-25-21-30(2)22-26-34)39-17-8-6-14-37(39)41-32(12-10-18-40(41)44)27-28-43(4)38-16-7-5-13-35(38)36-15-9-11-31(3)42(36)43/h5-26H,27-28H2,1-4H3. The van der Waals surface area contributed by atoms with Crippen molar-refractivity contribution >= 4 is 0 Å². The highest BCUT2D eigenvalue weighted by atomic mass is 14.5. The van der Waals surface area contributed by atoms with Gasteiger partial charge in [0.15, 0.2) is 0 Å². The Balaban J connectivity index is 1.32. The fourth-order valence-electron chi connectivity index (χ4n) is 8.61. The Hall–Kier alpha value is -4.68. The molecule has 0 spiro atoms. The van der Waals surface area contributed by atoms with Crippen molar-refractivity contribution in [1.82, 2.24) is 0 Å². The lowest BCUT2D eigenvalue weighted by molar-refractivity contribution is 0.530. The average Bonchev–Trinajstić information content (AvgIpc) is 3.50. The monoisotopic (exact) mass is 566 g/mol. The van der Waals surface area contributed by atoms with Gasteiger partial charge in [-0.2, -0.15) is 0 Å². The minimum absolute atomic E-state index is 0.0386. The fourth-order valence-corrected chi connectivity index (χ4v) is 8.61. The van der Waals surface area contributed by atoms with Crippen LogP contribution in [-0.2, 0) is 17.3 Å². The molecule has 0 aliphatic heterocycles. The van der Waals surface area contributed by atoms with Crippen molar-refractivity contribution in [3.63, 3.8) is 0 Å². The Kier molecular flexibility index (Phi) is 6.07. The van der Waals surface area contributed by atoms with Crippen LogP contribution >= 0.6 is 0 Å². The third-order valence-electron chi connectivity index (χ3n) is 10.7. The van der Waals surface area contributed by atoms with Crippen LogP contribution in [0.4, 0.5) is 0 Å². The molecule has 6 aromatic rings. The van der Waals surface area contributed by atoms with E-state index in [0.717, 1.165) is 12.8 Å². The Labute approximate surface area is 262 Å². The van der Waals surface area contributed by atoms with Gasteiger partial charge < -0.3 is 0 Å². The molecule has 0 fully saturated rings. The SMILES string of the molecule is Cc1ccc(C2(c3ccc(C)cc3)c3ccccc3-c3c(CCC4(C)c5ccccc5-c5cccc(C)c54)cccc32)cc1. The van der Waals surface area contributed by atoms with Gasteiger partial charge in [0, 0.05) is 5.41 Å². The van der Waals surface area contributed by atoms with Gasteiger partial charge in [0.1, 0.15) is 0 Å². The first-order valence-electron chi connectivity index (χ1n) is 16.0. The maximum Gasteiger partial charge on any atom is 0.0713 e. The van der Waals surface area contributed by atoms with Crippen LogP contribution in [0.3, 0.4) is 0 Å². The topological polar surface area (TPSA) is 0 Å². The number of hydrogen-bond donors (Lipinski definition) is 0. The second kappa shape index (κ2) is 9.93. The maximum absolute atomic E-state index is 2.48. The molecule has 2 aliphatic rings. The third-order valence-corrected chi connectivity index (χ3v) is 10.7. The van der Waals surface area contributed by atoms with Gasteiger partial charge in [-0.05, 0) is 100 Å². The van der Waals surface area contributed by atoms with Crippen molar-refractivity contribution in [1.29, 1.82) is 0 Å². The summed E-state index contributed by atoms with van der Waals surface area (Å²) >= 11 is 0. The number of fused-ring (bicyclic) bond motifs is 6. The summed E-state index contributed by atoms with van der Waals surface area (Å²) in [5, 5.41) is 0. The molecule has 0 nitrogen and oxygen atoms in total. The van der Waals surface area contributed by atoms with Crippen molar-refractivity contribution in [2.45, 2.75) is 51.4 Å². The van der Waals surface area contributed by atoms with Crippen LogP contribution in [-0.4, -0.2) is 0 Å². The number of hydrogen-bond acceptors (Lipinski definition) is 0. The Morgan fingerprint density at radius 3 is 1.70 bits per heavy atom. The fraction of sp³-hybridized carbons (Fsp3) is 0.182. The summed E-state index contributed by atoms with van der Waals surface area (Å²) in [5.74, 6) is 0. The molecule has 0 bridgehead atoms. The van der Waals surface area contributed by atoms with E-state index in [-0.39, 0.29) is 10.8 Å². The molecule has 1 unspecified atom stereocenters. The van der Waals surface area contributed by atoms with Gasteiger partial charge in [0.25, 0.3) is 0 Å². The summed E-state index contributed by atoms with van der Waals surface area (Å²) in [6.07, 6.45) is 2.07. The van der Waals surface area contributed by atoms with E-state index >= 15 is 0 Å². The van der Waals surface area contributed by atoms with Crippen LogP contribution in [0.5, 0.6) is 0 Å². The van der Waals surface area contributed by atoms with Crippen molar-refractivity contribution in [3.8, 4) is 22.3 Å². The molecule has 0 saturated carbocycles. The van der Waals surface area contributed by atoms with Gasteiger partial charge in [-0.1, -0.05) is 152 Å². The molecular weight excluding hydrogens is 528 g/mol. The molecule has 44 heavy (non-hydrogen) atoms. The van der Waals surface area contributed by atoms with Gasteiger partial charge in [0.05, 0.1) is 5.41 Å². The first-order valence-corrected chi connectivity index (χ1v) is 16.0. The minimum Gasteiger partial charge on any atom is -0.0619 e. The van der Waals surface area contributed by atoms with E-state index in [1.54, 1.807) is 0 Å². The molecule has 214 valence electrons. The summed E-state index contributed by atoms with van der Waals surface area (Å²) < 4.78 is 0. The first kappa shape index (κ1) is 26.9. The van der Waals surface area contributed by atoms with E-state index in [9.17, 15) is 0 Å². The van der Waals surface area contributed by atoms with Gasteiger partial charge in [-0.25, -0.2) is 0 Å². The van der Waals surface area contributed by atoms with Gasteiger partial charge >= 0.3 is 0 Å². The molecule has 0 radical (unpaired) electrons. The van der Waals surface area contributed by atoms with Crippen molar-refractivity contribution in [2.75, 3.05) is 0 Å². The zero-order valence-corrected chi connectivity index (χ0v) is 26.1. The second-order valence-electron chi connectivity index (χ2n) is 13.2. The zero-order chi connectivity index (χ0) is 30.1. The van der Waals surface area contributed by atoms with Gasteiger partial charge in [0.2, 0.25) is 0 Å². The lowest BCUT2D eigenvalue weighted by atomic mass is 9.67. The van der Waals surface area contributed by atoms with Crippen LogP contribution in [0.25, 0.3) is 22.3 Å². The number of rotatable bonds is 5. The zero-order valence-electron chi connectivity index (χ0n) is 26.1. The maximum atomic E-state index is 2.48. The predicted molar refractivity (Wildman–Crippen MR) is 185 cm³/mol. The summed E-state index contributed by atoms with van der Waals surface area (Å²) in [6, 6.07) is 50.6. The molecule has 8 rings (SSSR count). The van der Waals surface area contributed by atoms with Crippen molar-refractivity contribution in [2.24, 2.45) is 0 Å². The van der Waals surface area contributed by atoms with Gasteiger partial charge in [-0.3, -0.25) is 0 Å². The van der Waals surface area contributed by atoms with Crippen LogP contribution in [0.2, 0.25) is 0 Å². The molecule has 0 heteroatoms. The van der Waals surface area contributed by atoms with Crippen LogP contribution in [0.1, 0.15) is 69.0 Å². The third kappa shape index (κ3) is 3.70. The summed E-state index contributed by atoms with van der Waals surface area (Å²) in [5.41, 5.74) is 19.0. The molecule has 1 atom stereocenters. The van der Waals surface area contributed by atoms with Gasteiger partial charge in [-0.15, -0.1) is 0 Å². The highest BCUT2D eigenvalue weighted by molar-refractivity contribution is 5.88. The van der Waals surface area contributed by atoms with E-state index in [1.165, 1.54) is 77.9 Å². The smallest absolute Gasteiger partial charge is 0.0619 e. The lowest BCUT2D eigenvalue weighted by Crippen LogP contribution is -2.28. The summed E-state index contributed by atoms with van der Waals surface area (Å²) in [7, 11) is 0. The molecule has 0 aromatic heterocycles.